The Morgan fingerprint density at radius 2 is 1.08 bits per heavy atom. The molecule has 23 atom stereocenters. The van der Waals surface area contributed by atoms with Gasteiger partial charge in [-0.15, -0.1) is 0 Å². The zero-order valence-electron chi connectivity index (χ0n) is 75.6. The first-order valence-electron chi connectivity index (χ1n) is 43.5. The number of nitrogens with one attached hydrogen (secondary N) is 4. The summed E-state index contributed by atoms with van der Waals surface area (Å²) in [6.45, 7) is 40.1. The van der Waals surface area contributed by atoms with Crippen molar-refractivity contribution in [1.29, 1.82) is 0 Å². The first-order valence-corrected chi connectivity index (χ1v) is 43.5. The number of carbonyl (C=O) groups is 11. The van der Waals surface area contributed by atoms with Crippen LogP contribution in [0.2, 0.25) is 0 Å². The van der Waals surface area contributed by atoms with E-state index < -0.39 is 156 Å². The predicted octanol–water partition coefficient (Wildman–Crippen LogP) is 8.98. The second-order valence-electron chi connectivity index (χ2n) is 38.8. The highest BCUT2D eigenvalue weighted by Crippen LogP contribution is 2.70. The maximum absolute atomic E-state index is 15.1. The zero-order chi connectivity index (χ0) is 86.9. The summed E-state index contributed by atoms with van der Waals surface area (Å²) in [6.07, 6.45) is 16.6. The summed E-state index contributed by atoms with van der Waals surface area (Å²) in [5, 5.41) is 33.3. The van der Waals surface area contributed by atoms with Crippen LogP contribution in [0.1, 0.15) is 242 Å². The van der Waals surface area contributed by atoms with Crippen molar-refractivity contribution in [2.75, 3.05) is 62.5 Å². The summed E-state index contributed by atoms with van der Waals surface area (Å²) in [6, 6.07) is -12.3. The van der Waals surface area contributed by atoms with E-state index in [0.29, 0.717) is 47.0 Å². The Hall–Kier alpha value is -6.51. The maximum atomic E-state index is 15.1. The number of hydrogen-bond acceptors (Lipinski definition) is 15. The zero-order valence-corrected chi connectivity index (χ0v) is 75.6. The molecule has 23 unspecified atom stereocenters. The lowest BCUT2D eigenvalue weighted by Gasteiger charge is -2.57. The molecule has 654 valence electrons. The lowest BCUT2D eigenvalue weighted by Crippen LogP contribution is -2.63. The van der Waals surface area contributed by atoms with Gasteiger partial charge < -0.3 is 75.3 Å². The molecule has 1 spiro atoms. The number of fused-ring (bicyclic) bond motifs is 7. The van der Waals surface area contributed by atoms with E-state index in [-0.39, 0.29) is 67.7 Å². The predicted molar refractivity (Wildman–Crippen MR) is 446 cm³/mol. The number of hydrogen-bond donors (Lipinski definition) is 6. The molecule has 6 N–H and O–H groups in total. The SMILES string of the molecule is CC1CCC2(OC1)OC1CC3C4CCC5CC(O)CCC5(C)C4=CCC3(C)C1C2C.CC=CCC(C)C(O)C1C(=O)NC(CC)C(=O)N(C)CC(=O)N(C)C(CC(C)C)C(=O)NC(C(C)C)C(=O)N(C)C(CC(C)C)C(=O)NC(C)C(=O)NC(C)C(=O)N(C)C(CC(C)C)C(=O)N(C)C(CC(C)C)C(=O)N(C)C(C(C)C)C(=O)N1C. The summed E-state index contributed by atoms with van der Waals surface area (Å²) < 4.78 is 13.3. The number of likely N-dealkylation sites (N-methyl/N-ethyl adjacent to an activating group) is 7. The number of ether oxygens (including phenoxy) is 2. The van der Waals surface area contributed by atoms with Gasteiger partial charge in [0.1, 0.15) is 60.4 Å². The number of nitrogens with zero attached hydrogens (tertiary/aromatic N) is 7. The molecule has 26 heteroatoms. The minimum atomic E-state index is -1.61. The van der Waals surface area contributed by atoms with Crippen molar-refractivity contribution < 1.29 is 72.4 Å². The van der Waals surface area contributed by atoms with Gasteiger partial charge in [-0.25, -0.2) is 0 Å². The van der Waals surface area contributed by atoms with Crippen LogP contribution in [0.4, 0.5) is 0 Å². The average Bonchev–Trinajstić information content (AvgIpc) is 1.52. The first-order chi connectivity index (χ1) is 53.5. The molecule has 0 aromatic heterocycles. The van der Waals surface area contributed by atoms with Gasteiger partial charge >= 0.3 is 0 Å². The van der Waals surface area contributed by atoms with Crippen molar-refractivity contribution >= 4 is 65.0 Å². The van der Waals surface area contributed by atoms with Gasteiger partial charge in [-0.3, -0.25) is 52.7 Å². The quantitative estimate of drug-likeness (QED) is 0.0833. The summed E-state index contributed by atoms with van der Waals surface area (Å²) >= 11 is 0. The van der Waals surface area contributed by atoms with Gasteiger partial charge in [0.2, 0.25) is 65.0 Å². The van der Waals surface area contributed by atoms with Gasteiger partial charge in [-0.1, -0.05) is 148 Å². The minimum Gasteiger partial charge on any atom is -0.393 e. The summed E-state index contributed by atoms with van der Waals surface area (Å²) in [5.41, 5.74) is 2.46. The fraction of sp³-hybridized carbons (Fsp3) is 0.831. The molecule has 0 radical (unpaired) electrons. The van der Waals surface area contributed by atoms with Crippen molar-refractivity contribution in [1.82, 2.24) is 55.6 Å². The summed E-state index contributed by atoms with van der Waals surface area (Å²) in [5.74, 6) is -6.03. The van der Waals surface area contributed by atoms with Crippen LogP contribution in [0, 0.1) is 87.8 Å². The van der Waals surface area contributed by atoms with Crippen LogP contribution in [0.3, 0.4) is 0 Å². The van der Waals surface area contributed by atoms with E-state index >= 15 is 9.59 Å². The Morgan fingerprint density at radius 1 is 0.557 bits per heavy atom. The molecule has 11 amide bonds. The van der Waals surface area contributed by atoms with E-state index in [0.717, 1.165) is 47.5 Å². The molecule has 3 heterocycles. The van der Waals surface area contributed by atoms with E-state index in [1.807, 2.05) is 61.5 Å². The second kappa shape index (κ2) is 41.0. The third-order valence-corrected chi connectivity index (χ3v) is 27.3. The van der Waals surface area contributed by atoms with Gasteiger partial charge in [0, 0.05) is 61.7 Å². The topological polar surface area (TPSA) is 317 Å². The molecule has 3 aliphatic heterocycles. The van der Waals surface area contributed by atoms with Crippen LogP contribution in [0.15, 0.2) is 23.8 Å². The standard InChI is InChI=1S/C62H111N11O12.C27H42O3/c1-25-27-28-40(15)52(75)51-56(79)65-43(26-2)58(81)67(18)33-48(74)68(19)44(29-34(3)4)55(78)66-49(38(11)12)61(84)69(20)45(30-35(5)6)54(77)63-41(16)53(76)64-42(17)57(80)70(21)46(31-36(7)8)59(82)71(22)47(32-37(9)10)60(83)72(23)50(39(13)14)62(85)73(51)24;1-16-7-12-27(29-15-16)17(2)24-23(30-27)14-22-20-6-5-18-13-19(28)8-10-25(18,3)21(20)9-11-26(22,24)4/h25,27,34-47,49-52,75H,26,28-33H2,1-24H3,(H,63,77)(H,64,76)(H,65,79)(H,66,78);9,16-20,22-24,28H,5-8,10-15H2,1-4H3. The van der Waals surface area contributed by atoms with Crippen molar-refractivity contribution in [3.63, 3.8) is 0 Å². The van der Waals surface area contributed by atoms with Gasteiger partial charge in [-0.2, -0.15) is 0 Å². The molecule has 115 heavy (non-hydrogen) atoms. The van der Waals surface area contributed by atoms with Gasteiger partial charge in [0.25, 0.3) is 0 Å². The number of aliphatic hydroxyl groups is 2. The number of carbonyl (C=O) groups excluding carboxylic acids is 11. The fourth-order valence-corrected chi connectivity index (χ4v) is 20.2. The van der Waals surface area contributed by atoms with Gasteiger partial charge in [-0.05, 0) is 193 Å². The summed E-state index contributed by atoms with van der Waals surface area (Å²) in [7, 11) is 9.92. The van der Waals surface area contributed by atoms with Crippen LogP contribution in [-0.4, -0.2) is 256 Å². The van der Waals surface area contributed by atoms with E-state index in [4.69, 9.17) is 9.47 Å². The molecule has 0 aromatic carbocycles. The summed E-state index contributed by atoms with van der Waals surface area (Å²) in [4.78, 5) is 169. The molecular weight excluding hydrogens is 1460 g/mol. The largest absolute Gasteiger partial charge is 0.393 e. The van der Waals surface area contributed by atoms with E-state index in [9.17, 15) is 53.4 Å². The monoisotopic (exact) mass is 1620 g/mol. The lowest BCUT2D eigenvalue weighted by atomic mass is 9.48. The third-order valence-electron chi connectivity index (χ3n) is 27.3. The number of allylic oxidation sites excluding steroid dienone is 4. The molecular formula is C89H153N11O15. The average molecular weight is 1620 g/mol. The fourth-order valence-electron chi connectivity index (χ4n) is 20.2. The van der Waals surface area contributed by atoms with Crippen molar-refractivity contribution in [3.8, 4) is 0 Å². The smallest absolute Gasteiger partial charge is 0.246 e. The van der Waals surface area contributed by atoms with Crippen LogP contribution in [0.5, 0.6) is 0 Å². The van der Waals surface area contributed by atoms with Crippen molar-refractivity contribution in [2.45, 2.75) is 326 Å². The molecule has 6 fully saturated rings. The van der Waals surface area contributed by atoms with Gasteiger partial charge in [0.05, 0.1) is 31.5 Å². The van der Waals surface area contributed by atoms with Crippen molar-refractivity contribution in [3.05, 3.63) is 23.8 Å². The highest BCUT2D eigenvalue weighted by molar-refractivity contribution is 5.99. The van der Waals surface area contributed by atoms with E-state index in [1.54, 1.807) is 60.1 Å². The Balaban J connectivity index is 0.000000556. The Bertz CT molecular complexity index is 3440. The van der Waals surface area contributed by atoms with Crippen LogP contribution in [-0.2, 0) is 62.2 Å². The van der Waals surface area contributed by atoms with Gasteiger partial charge in [0.15, 0.2) is 5.79 Å². The van der Waals surface area contributed by atoms with Crippen LogP contribution in [0.25, 0.3) is 0 Å². The number of rotatable bonds is 15. The highest BCUT2D eigenvalue weighted by atomic mass is 16.7. The molecule has 3 saturated heterocycles. The molecule has 7 rings (SSSR count). The molecule has 3 saturated carbocycles. The first kappa shape index (κ1) is 97.3. The Labute approximate surface area is 690 Å². The van der Waals surface area contributed by atoms with E-state index in [2.05, 4.69) is 55.0 Å². The number of amides is 11. The van der Waals surface area contributed by atoms with E-state index in [1.165, 1.54) is 126 Å². The molecule has 26 nitrogen and oxygen atoms in total. The third kappa shape index (κ3) is 22.3. The Kier molecular flexibility index (Phi) is 34.7. The second-order valence-corrected chi connectivity index (χ2v) is 38.8. The lowest BCUT2D eigenvalue weighted by molar-refractivity contribution is -0.272. The van der Waals surface area contributed by atoms with Crippen LogP contribution >= 0.6 is 0 Å². The molecule has 0 aromatic rings. The van der Waals surface area contributed by atoms with Crippen molar-refractivity contribution in [2.24, 2.45) is 87.8 Å². The molecule has 7 aliphatic rings. The maximum Gasteiger partial charge on any atom is 0.246 e. The molecule has 0 bridgehead atoms. The Morgan fingerprint density at radius 3 is 1.61 bits per heavy atom. The normalized spacial score (nSPS) is 35.5. The molecule has 4 aliphatic carbocycles. The highest BCUT2D eigenvalue weighted by Gasteiger charge is 2.68. The number of aliphatic hydroxyl groups excluding tert-OH is 2. The minimum absolute atomic E-state index is 0.0229. The van der Waals surface area contributed by atoms with Crippen LogP contribution < -0.4 is 21.3 Å².